The first-order valence-electron chi connectivity index (χ1n) is 9.33. The number of carbonyl (C=O) groups is 2. The Balaban J connectivity index is 1.37. The van der Waals surface area contributed by atoms with Crippen LogP contribution in [0.5, 0.6) is 0 Å². The van der Waals surface area contributed by atoms with Crippen LogP contribution in [-0.2, 0) is 16.0 Å². The first-order chi connectivity index (χ1) is 14.0. The summed E-state index contributed by atoms with van der Waals surface area (Å²) in [4.78, 5) is 31.9. The van der Waals surface area contributed by atoms with E-state index in [4.69, 9.17) is 16.7 Å². The molecule has 2 aliphatic rings. The summed E-state index contributed by atoms with van der Waals surface area (Å²) in [5.41, 5.74) is 0.298. The van der Waals surface area contributed by atoms with Gasteiger partial charge in [0.25, 0.3) is 0 Å². The molecule has 0 aliphatic carbocycles. The number of likely N-dealkylation sites (tertiary alicyclic amines) is 1. The molecule has 152 valence electrons. The summed E-state index contributed by atoms with van der Waals surface area (Å²) in [7, 11) is 0. The van der Waals surface area contributed by atoms with Gasteiger partial charge in [-0.15, -0.1) is 0 Å². The van der Waals surface area contributed by atoms with Gasteiger partial charge in [0.15, 0.2) is 0 Å². The summed E-state index contributed by atoms with van der Waals surface area (Å²) < 4.78 is 19.7. The largest absolute Gasteiger partial charge is 0.341 e. The van der Waals surface area contributed by atoms with Crippen molar-refractivity contribution in [2.45, 2.75) is 19.3 Å². The van der Waals surface area contributed by atoms with Crippen molar-refractivity contribution in [3.05, 3.63) is 36.0 Å². The molecule has 0 bridgehead atoms. The van der Waals surface area contributed by atoms with Crippen molar-refractivity contribution < 1.29 is 18.5 Å². The number of piperidine rings is 1. The molecule has 1 unspecified atom stereocenters. The molecule has 1 atom stereocenters. The third-order valence-corrected chi connectivity index (χ3v) is 6.48. The molecule has 2 fully saturated rings. The van der Waals surface area contributed by atoms with E-state index < -0.39 is 5.82 Å². The van der Waals surface area contributed by atoms with Crippen LogP contribution >= 0.6 is 24.0 Å². The second-order valence-electron chi connectivity index (χ2n) is 7.08. The van der Waals surface area contributed by atoms with Gasteiger partial charge >= 0.3 is 0 Å². The summed E-state index contributed by atoms with van der Waals surface area (Å²) in [5.74, 6) is 0.490. The molecule has 7 nitrogen and oxygen atoms in total. The second kappa shape index (κ2) is 8.58. The van der Waals surface area contributed by atoms with Crippen molar-refractivity contribution in [2.75, 3.05) is 25.4 Å². The van der Waals surface area contributed by atoms with E-state index in [1.165, 1.54) is 22.7 Å². The molecule has 0 saturated carbocycles. The highest BCUT2D eigenvalue weighted by Gasteiger charge is 2.32. The van der Waals surface area contributed by atoms with Crippen molar-refractivity contribution >= 4 is 40.1 Å². The van der Waals surface area contributed by atoms with Gasteiger partial charge in [0.2, 0.25) is 23.5 Å². The highest BCUT2D eigenvalue weighted by atomic mass is 32.2. The van der Waals surface area contributed by atoms with E-state index in [9.17, 15) is 14.0 Å². The maximum atomic E-state index is 13.9. The average molecular weight is 435 g/mol. The Morgan fingerprint density at radius 2 is 2.21 bits per heavy atom. The quantitative estimate of drug-likeness (QED) is 0.669. The molecule has 1 aromatic heterocycles. The molecule has 2 saturated heterocycles. The first kappa shape index (κ1) is 20.0. The van der Waals surface area contributed by atoms with Gasteiger partial charge in [0, 0.05) is 19.5 Å². The summed E-state index contributed by atoms with van der Waals surface area (Å²) in [6.45, 7) is 1.20. The Bertz CT molecular complexity index is 935. The number of thiocarbonyl (C=S) groups is 1. The predicted molar refractivity (Wildman–Crippen MR) is 109 cm³/mol. The maximum absolute atomic E-state index is 13.9. The molecule has 1 aromatic carbocycles. The number of carbonyl (C=O) groups excluding carboxylic acids is 2. The van der Waals surface area contributed by atoms with Gasteiger partial charge in [-0.3, -0.25) is 14.5 Å². The van der Waals surface area contributed by atoms with Crippen LogP contribution in [0.1, 0.15) is 18.7 Å². The van der Waals surface area contributed by atoms with Crippen LogP contribution in [-0.4, -0.2) is 61.5 Å². The van der Waals surface area contributed by atoms with E-state index in [-0.39, 0.29) is 30.1 Å². The number of benzene rings is 1. The third kappa shape index (κ3) is 4.48. The molecule has 2 aliphatic heterocycles. The minimum atomic E-state index is -0.401. The van der Waals surface area contributed by atoms with Crippen LogP contribution in [0.2, 0.25) is 0 Å². The number of hydrogen-bond donors (Lipinski definition) is 0. The molecular weight excluding hydrogens is 415 g/mol. The summed E-state index contributed by atoms with van der Waals surface area (Å²) >= 11 is 6.43. The van der Waals surface area contributed by atoms with Crippen molar-refractivity contribution in [3.63, 3.8) is 0 Å². The molecule has 2 aromatic rings. The van der Waals surface area contributed by atoms with Gasteiger partial charge in [-0.2, -0.15) is 4.98 Å². The lowest BCUT2D eigenvalue weighted by Crippen LogP contribution is -2.46. The van der Waals surface area contributed by atoms with Crippen molar-refractivity contribution in [1.82, 2.24) is 19.9 Å². The van der Waals surface area contributed by atoms with Gasteiger partial charge in [-0.05, 0) is 30.9 Å². The third-order valence-electron chi connectivity index (χ3n) is 5.05. The van der Waals surface area contributed by atoms with Crippen molar-refractivity contribution in [2.24, 2.45) is 5.92 Å². The smallest absolute Gasteiger partial charge is 0.242 e. The maximum Gasteiger partial charge on any atom is 0.242 e. The van der Waals surface area contributed by atoms with Crippen LogP contribution in [0.25, 0.3) is 11.4 Å². The van der Waals surface area contributed by atoms with Gasteiger partial charge in [-0.25, -0.2) is 4.39 Å². The van der Waals surface area contributed by atoms with Crippen LogP contribution in [0, 0.1) is 11.7 Å². The number of rotatable bonds is 5. The average Bonchev–Trinajstić information content (AvgIpc) is 3.30. The molecule has 29 heavy (non-hydrogen) atoms. The number of nitrogens with zero attached hydrogens (tertiary/aromatic N) is 4. The molecule has 2 amide bonds. The summed E-state index contributed by atoms with van der Waals surface area (Å²) in [6.07, 6.45) is 2.30. The Morgan fingerprint density at radius 1 is 1.38 bits per heavy atom. The highest BCUT2D eigenvalue weighted by Crippen LogP contribution is 2.24. The van der Waals surface area contributed by atoms with Gasteiger partial charge in [0.1, 0.15) is 16.7 Å². The van der Waals surface area contributed by atoms with Crippen molar-refractivity contribution in [3.8, 4) is 11.4 Å². The van der Waals surface area contributed by atoms with Gasteiger partial charge < -0.3 is 9.42 Å². The monoisotopic (exact) mass is 434 g/mol. The van der Waals surface area contributed by atoms with Crippen LogP contribution < -0.4 is 0 Å². The van der Waals surface area contributed by atoms with E-state index in [2.05, 4.69) is 10.1 Å². The van der Waals surface area contributed by atoms with E-state index in [1.807, 2.05) is 0 Å². The minimum Gasteiger partial charge on any atom is -0.341 e. The van der Waals surface area contributed by atoms with Crippen LogP contribution in [0.4, 0.5) is 4.39 Å². The van der Waals surface area contributed by atoms with E-state index in [0.717, 1.165) is 12.8 Å². The first-order valence-corrected chi connectivity index (χ1v) is 10.7. The Hall–Kier alpha value is -2.33. The molecule has 3 heterocycles. The highest BCUT2D eigenvalue weighted by molar-refractivity contribution is 8.23. The second-order valence-corrected chi connectivity index (χ2v) is 8.69. The fourth-order valence-corrected chi connectivity index (χ4v) is 4.63. The Kier molecular flexibility index (Phi) is 5.91. The fourth-order valence-electron chi connectivity index (χ4n) is 3.56. The standard InChI is InChI=1S/C19H19FN4O3S2/c20-14-6-2-1-5-13(14)18-21-15(27-22-18)8-12-4-3-7-23(9-12)16(25)10-24-17(26)11-29-19(24)28/h1-2,5-6,12H,3-4,7-11H2. The van der Waals surface area contributed by atoms with Crippen LogP contribution in [0.3, 0.4) is 0 Å². The minimum absolute atomic E-state index is 0.00459. The van der Waals surface area contributed by atoms with E-state index in [1.54, 1.807) is 23.1 Å². The Labute approximate surface area is 176 Å². The zero-order valence-corrected chi connectivity index (χ0v) is 17.2. The van der Waals surface area contributed by atoms with Crippen LogP contribution in [0.15, 0.2) is 28.8 Å². The number of halogens is 1. The normalized spacial score (nSPS) is 19.8. The zero-order chi connectivity index (χ0) is 20.4. The topological polar surface area (TPSA) is 79.5 Å². The van der Waals surface area contributed by atoms with Crippen molar-refractivity contribution in [1.29, 1.82) is 0 Å². The SMILES string of the molecule is O=C(CN1C(=O)CSC1=S)N1CCCC(Cc2nc(-c3ccccc3F)no2)C1. The van der Waals surface area contributed by atoms with Gasteiger partial charge in [-0.1, -0.05) is 41.3 Å². The molecule has 4 rings (SSSR count). The Morgan fingerprint density at radius 3 is 2.97 bits per heavy atom. The zero-order valence-electron chi connectivity index (χ0n) is 15.5. The van der Waals surface area contributed by atoms with E-state index in [0.29, 0.717) is 41.0 Å². The predicted octanol–water partition coefficient (Wildman–Crippen LogP) is 2.52. The van der Waals surface area contributed by atoms with E-state index >= 15 is 0 Å². The molecular formula is C19H19FN4O3S2. The lowest BCUT2D eigenvalue weighted by Gasteiger charge is -2.33. The fraction of sp³-hybridized carbons (Fsp3) is 0.421. The molecule has 0 spiro atoms. The summed E-state index contributed by atoms with van der Waals surface area (Å²) in [5, 5.41) is 3.88. The summed E-state index contributed by atoms with van der Waals surface area (Å²) in [6, 6.07) is 6.28. The number of aromatic nitrogens is 2. The molecule has 0 radical (unpaired) electrons. The molecule has 0 N–H and O–H groups in total. The number of hydrogen-bond acceptors (Lipinski definition) is 7. The molecule has 10 heteroatoms. The number of thioether (sulfide) groups is 1. The lowest BCUT2D eigenvalue weighted by atomic mass is 9.94. The van der Waals surface area contributed by atoms with Gasteiger partial charge in [0.05, 0.1) is 11.3 Å². The number of amides is 2. The lowest BCUT2D eigenvalue weighted by molar-refractivity contribution is -0.137.